The number of nitrogens with zero attached hydrogens (tertiary/aromatic N) is 5. The highest BCUT2D eigenvalue weighted by Gasteiger charge is 2.29. The summed E-state index contributed by atoms with van der Waals surface area (Å²) < 4.78 is 2.03. The molecule has 0 radical (unpaired) electrons. The van der Waals surface area contributed by atoms with Crippen LogP contribution in [0.5, 0.6) is 0 Å². The molecule has 100 valence electrons. The molecule has 18 heavy (non-hydrogen) atoms. The van der Waals surface area contributed by atoms with Gasteiger partial charge < -0.3 is 5.32 Å². The van der Waals surface area contributed by atoms with Crippen LogP contribution in [0.3, 0.4) is 0 Å². The summed E-state index contributed by atoms with van der Waals surface area (Å²) >= 11 is 0. The Morgan fingerprint density at radius 3 is 2.94 bits per heavy atom. The van der Waals surface area contributed by atoms with Crippen molar-refractivity contribution >= 4 is 0 Å². The largest absolute Gasteiger partial charge is 0.315 e. The van der Waals surface area contributed by atoms with Gasteiger partial charge in [-0.25, -0.2) is 4.68 Å². The third-order valence-corrected chi connectivity index (χ3v) is 3.86. The van der Waals surface area contributed by atoms with Gasteiger partial charge in [-0.15, -0.1) is 5.10 Å². The van der Waals surface area contributed by atoms with Crippen LogP contribution < -0.4 is 5.32 Å². The molecule has 0 aromatic carbocycles. The fourth-order valence-corrected chi connectivity index (χ4v) is 2.73. The quantitative estimate of drug-likeness (QED) is 0.800. The summed E-state index contributed by atoms with van der Waals surface area (Å²) in [7, 11) is 0. The molecule has 1 aromatic heterocycles. The molecule has 6 heteroatoms. The lowest BCUT2D eigenvalue weighted by atomic mass is 10.2. The molecule has 2 heterocycles. The predicted molar refractivity (Wildman–Crippen MR) is 68.1 cm³/mol. The normalized spacial score (nSPS) is 24.0. The average molecular weight is 250 g/mol. The first-order valence-corrected chi connectivity index (χ1v) is 7.10. The summed E-state index contributed by atoms with van der Waals surface area (Å²) in [5.41, 5.74) is 0. The van der Waals surface area contributed by atoms with E-state index >= 15 is 0 Å². The standard InChI is InChI=1S/C12H22N6/c1-2-7-17(11-5-6-13-8-11)9-12-14-15-16-18(12)10-3-4-10/h10-11,13H,2-9H2,1H3. The average Bonchev–Trinajstić information content (AvgIpc) is 2.92. The van der Waals surface area contributed by atoms with Crippen LogP contribution in [0.25, 0.3) is 0 Å². The van der Waals surface area contributed by atoms with Gasteiger partial charge >= 0.3 is 0 Å². The molecule has 0 spiro atoms. The molecule has 2 aliphatic rings. The molecular formula is C12H22N6. The molecule has 1 saturated heterocycles. The topological polar surface area (TPSA) is 58.9 Å². The van der Waals surface area contributed by atoms with Gasteiger partial charge in [-0.3, -0.25) is 4.90 Å². The number of nitrogens with one attached hydrogen (secondary N) is 1. The number of rotatable bonds is 6. The third kappa shape index (κ3) is 2.54. The third-order valence-electron chi connectivity index (χ3n) is 3.86. The second kappa shape index (κ2) is 5.32. The van der Waals surface area contributed by atoms with Crippen molar-refractivity contribution in [2.45, 2.75) is 51.2 Å². The minimum atomic E-state index is 0.570. The summed E-state index contributed by atoms with van der Waals surface area (Å²) in [6, 6.07) is 1.22. The summed E-state index contributed by atoms with van der Waals surface area (Å²) in [5, 5.41) is 15.6. The van der Waals surface area contributed by atoms with Crippen molar-refractivity contribution < 1.29 is 0 Å². The summed E-state index contributed by atoms with van der Waals surface area (Å²) in [6.07, 6.45) is 4.89. The Morgan fingerprint density at radius 1 is 1.39 bits per heavy atom. The molecule has 0 amide bonds. The molecule has 0 bridgehead atoms. The minimum Gasteiger partial charge on any atom is -0.315 e. The smallest absolute Gasteiger partial charge is 0.165 e. The van der Waals surface area contributed by atoms with Gasteiger partial charge in [-0.2, -0.15) is 0 Å². The summed E-state index contributed by atoms with van der Waals surface area (Å²) in [6.45, 7) is 6.50. The van der Waals surface area contributed by atoms with Crippen LogP contribution in [0.1, 0.15) is 44.5 Å². The van der Waals surface area contributed by atoms with Crippen LogP contribution >= 0.6 is 0 Å². The van der Waals surface area contributed by atoms with Crippen molar-refractivity contribution in [1.82, 2.24) is 30.4 Å². The summed E-state index contributed by atoms with van der Waals surface area (Å²) in [4.78, 5) is 2.53. The van der Waals surface area contributed by atoms with Gasteiger partial charge in [0.1, 0.15) is 0 Å². The first-order chi connectivity index (χ1) is 8.88. The molecule has 1 unspecified atom stereocenters. The van der Waals surface area contributed by atoms with E-state index in [1.165, 1.54) is 25.7 Å². The maximum Gasteiger partial charge on any atom is 0.165 e. The lowest BCUT2D eigenvalue weighted by molar-refractivity contribution is 0.191. The Labute approximate surface area is 108 Å². The van der Waals surface area contributed by atoms with Crippen molar-refractivity contribution in [1.29, 1.82) is 0 Å². The number of hydrogen-bond donors (Lipinski definition) is 1. The molecule has 1 aliphatic heterocycles. The van der Waals surface area contributed by atoms with Crippen molar-refractivity contribution in [3.8, 4) is 0 Å². The van der Waals surface area contributed by atoms with E-state index in [0.717, 1.165) is 32.0 Å². The van der Waals surface area contributed by atoms with Crippen molar-refractivity contribution in [3.05, 3.63) is 5.82 Å². The fraction of sp³-hybridized carbons (Fsp3) is 0.917. The Morgan fingerprint density at radius 2 is 2.28 bits per heavy atom. The van der Waals surface area contributed by atoms with Gasteiger partial charge in [0.2, 0.25) is 0 Å². The van der Waals surface area contributed by atoms with Crippen LogP contribution in [0.4, 0.5) is 0 Å². The molecule has 1 aliphatic carbocycles. The Bertz CT molecular complexity index is 380. The highest BCUT2D eigenvalue weighted by atomic mass is 15.6. The second-order valence-corrected chi connectivity index (χ2v) is 5.39. The highest BCUT2D eigenvalue weighted by molar-refractivity contribution is 4.92. The molecule has 1 aromatic rings. The number of aromatic nitrogens is 4. The van der Waals surface area contributed by atoms with Crippen molar-refractivity contribution in [2.24, 2.45) is 0 Å². The number of hydrogen-bond acceptors (Lipinski definition) is 5. The van der Waals surface area contributed by atoms with Crippen molar-refractivity contribution in [2.75, 3.05) is 19.6 Å². The second-order valence-electron chi connectivity index (χ2n) is 5.39. The van der Waals surface area contributed by atoms with E-state index in [0.29, 0.717) is 12.1 Å². The SMILES string of the molecule is CCCN(Cc1nnnn1C1CC1)C1CCNC1. The van der Waals surface area contributed by atoms with Gasteiger partial charge in [-0.1, -0.05) is 6.92 Å². The molecule has 1 saturated carbocycles. The molecule has 1 N–H and O–H groups in total. The molecule has 2 fully saturated rings. The van der Waals surface area contributed by atoms with Gasteiger partial charge in [0.25, 0.3) is 0 Å². The first kappa shape index (κ1) is 12.0. The predicted octanol–water partition coefficient (Wildman–Crippen LogP) is 0.582. The van der Waals surface area contributed by atoms with Crippen LogP contribution in [0, 0.1) is 0 Å². The molecular weight excluding hydrogens is 228 g/mol. The van der Waals surface area contributed by atoms with Crippen LogP contribution in [0.15, 0.2) is 0 Å². The van der Waals surface area contributed by atoms with E-state index in [4.69, 9.17) is 0 Å². The summed E-state index contributed by atoms with van der Waals surface area (Å²) in [5.74, 6) is 1.04. The van der Waals surface area contributed by atoms with E-state index in [1.54, 1.807) is 0 Å². The van der Waals surface area contributed by atoms with Gasteiger partial charge in [0.15, 0.2) is 5.82 Å². The maximum atomic E-state index is 4.21. The highest BCUT2D eigenvalue weighted by Crippen LogP contribution is 2.34. The lowest BCUT2D eigenvalue weighted by Crippen LogP contribution is -2.37. The molecule has 3 rings (SSSR count). The Balaban J connectivity index is 1.68. The van der Waals surface area contributed by atoms with E-state index < -0.39 is 0 Å². The first-order valence-electron chi connectivity index (χ1n) is 7.10. The van der Waals surface area contributed by atoms with Crippen LogP contribution in [-0.4, -0.2) is 50.8 Å². The lowest BCUT2D eigenvalue weighted by Gasteiger charge is -2.27. The van der Waals surface area contributed by atoms with Crippen LogP contribution in [0.2, 0.25) is 0 Å². The number of tetrazole rings is 1. The zero-order valence-electron chi connectivity index (χ0n) is 11.0. The van der Waals surface area contributed by atoms with E-state index in [-0.39, 0.29) is 0 Å². The Hall–Kier alpha value is -1.01. The van der Waals surface area contributed by atoms with Gasteiger partial charge in [-0.05, 0) is 49.2 Å². The zero-order valence-corrected chi connectivity index (χ0v) is 11.0. The van der Waals surface area contributed by atoms with Crippen LogP contribution in [-0.2, 0) is 6.54 Å². The fourth-order valence-electron chi connectivity index (χ4n) is 2.73. The monoisotopic (exact) mass is 250 g/mol. The Kier molecular flexibility index (Phi) is 3.56. The maximum absolute atomic E-state index is 4.21. The van der Waals surface area contributed by atoms with Gasteiger partial charge in [0.05, 0.1) is 12.6 Å². The molecule has 1 atom stereocenters. The van der Waals surface area contributed by atoms with E-state index in [2.05, 4.69) is 32.7 Å². The van der Waals surface area contributed by atoms with Gasteiger partial charge in [0, 0.05) is 12.6 Å². The minimum absolute atomic E-state index is 0.570. The van der Waals surface area contributed by atoms with Crippen molar-refractivity contribution in [3.63, 3.8) is 0 Å². The van der Waals surface area contributed by atoms with E-state index in [9.17, 15) is 0 Å². The van der Waals surface area contributed by atoms with E-state index in [1.807, 2.05) is 4.68 Å². The molecule has 6 nitrogen and oxygen atoms in total. The zero-order chi connectivity index (χ0) is 12.4.